The lowest BCUT2D eigenvalue weighted by atomic mass is 10.1. The molecule has 3 heterocycles. The average molecular weight is 356 g/mol. The number of alkyl halides is 3. The highest BCUT2D eigenvalue weighted by Crippen LogP contribution is 2.34. The van der Waals surface area contributed by atoms with E-state index in [4.69, 9.17) is 4.52 Å². The molecule has 25 heavy (non-hydrogen) atoms. The van der Waals surface area contributed by atoms with Crippen molar-refractivity contribution in [2.24, 2.45) is 7.05 Å². The molecule has 1 saturated heterocycles. The standard InChI is InChI=1S/C16H19F3N4O2/c1-3-5-10-8-11(21-25-10)12-6-4-7-23(12)15(24)13-9-14(16(17,18)19)20-22(13)2/h8-9,12H,3-7H2,1-2H3/t12-/m0/s1. The SMILES string of the molecule is CCCc1cc([C@@H]2CCCN2C(=O)c2cc(C(F)(F)F)nn2C)no1. The van der Waals surface area contributed by atoms with Crippen molar-refractivity contribution in [2.45, 2.75) is 44.8 Å². The second kappa shape index (κ2) is 6.53. The molecule has 1 fully saturated rings. The predicted octanol–water partition coefficient (Wildman–Crippen LogP) is 3.36. The van der Waals surface area contributed by atoms with Crippen LogP contribution in [-0.4, -0.2) is 32.3 Å². The van der Waals surface area contributed by atoms with Gasteiger partial charge >= 0.3 is 6.18 Å². The summed E-state index contributed by atoms with van der Waals surface area (Å²) >= 11 is 0. The maximum absolute atomic E-state index is 12.8. The first kappa shape index (κ1) is 17.5. The topological polar surface area (TPSA) is 64.2 Å². The maximum Gasteiger partial charge on any atom is 0.435 e. The van der Waals surface area contributed by atoms with Crippen molar-refractivity contribution in [2.75, 3.05) is 6.54 Å². The molecule has 136 valence electrons. The summed E-state index contributed by atoms with van der Waals surface area (Å²) in [6.45, 7) is 2.49. The Bertz CT molecular complexity index is 766. The number of carbonyl (C=O) groups is 1. The van der Waals surface area contributed by atoms with Crippen LogP contribution in [0.1, 0.15) is 59.9 Å². The largest absolute Gasteiger partial charge is 0.435 e. The number of aryl methyl sites for hydroxylation is 2. The van der Waals surface area contributed by atoms with Gasteiger partial charge in [0.05, 0.1) is 6.04 Å². The molecule has 1 amide bonds. The Morgan fingerprint density at radius 1 is 1.40 bits per heavy atom. The van der Waals surface area contributed by atoms with Gasteiger partial charge in [0.1, 0.15) is 17.1 Å². The third kappa shape index (κ3) is 3.40. The molecule has 0 bridgehead atoms. The summed E-state index contributed by atoms with van der Waals surface area (Å²) in [5.41, 5.74) is -0.509. The van der Waals surface area contributed by atoms with Gasteiger partial charge in [-0.25, -0.2) is 0 Å². The molecule has 1 aliphatic rings. The molecule has 0 spiro atoms. The van der Waals surface area contributed by atoms with Gasteiger partial charge in [-0.2, -0.15) is 18.3 Å². The molecule has 1 aliphatic heterocycles. The molecular formula is C16H19F3N4O2. The zero-order chi connectivity index (χ0) is 18.2. The van der Waals surface area contributed by atoms with Crippen LogP contribution in [0.4, 0.5) is 13.2 Å². The van der Waals surface area contributed by atoms with Crippen molar-refractivity contribution in [3.05, 3.63) is 35.0 Å². The van der Waals surface area contributed by atoms with Crippen LogP contribution < -0.4 is 0 Å². The average Bonchev–Trinajstić information content (AvgIpc) is 3.24. The molecule has 0 unspecified atom stereocenters. The zero-order valence-corrected chi connectivity index (χ0v) is 14.0. The lowest BCUT2D eigenvalue weighted by molar-refractivity contribution is -0.141. The number of hydrogen-bond acceptors (Lipinski definition) is 4. The van der Waals surface area contributed by atoms with E-state index in [0.29, 0.717) is 18.7 Å². The minimum absolute atomic E-state index is 0.0866. The quantitative estimate of drug-likeness (QED) is 0.843. The lowest BCUT2D eigenvalue weighted by Gasteiger charge is -2.22. The van der Waals surface area contributed by atoms with E-state index >= 15 is 0 Å². The first-order valence-corrected chi connectivity index (χ1v) is 8.19. The Balaban J connectivity index is 1.84. The van der Waals surface area contributed by atoms with E-state index in [1.54, 1.807) is 4.90 Å². The summed E-state index contributed by atoms with van der Waals surface area (Å²) in [4.78, 5) is 14.3. The maximum atomic E-state index is 12.8. The molecule has 3 rings (SSSR count). The van der Waals surface area contributed by atoms with Crippen LogP contribution in [0.2, 0.25) is 0 Å². The molecule has 0 radical (unpaired) electrons. The molecule has 2 aromatic rings. The van der Waals surface area contributed by atoms with Crippen molar-refractivity contribution < 1.29 is 22.5 Å². The van der Waals surface area contributed by atoms with Crippen molar-refractivity contribution in [3.63, 3.8) is 0 Å². The molecule has 0 saturated carbocycles. The molecule has 0 aromatic carbocycles. The van der Waals surface area contributed by atoms with E-state index in [2.05, 4.69) is 10.3 Å². The first-order chi connectivity index (χ1) is 11.8. The summed E-state index contributed by atoms with van der Waals surface area (Å²) in [6, 6.07) is 2.33. The molecule has 9 heteroatoms. The Labute approximate surface area is 142 Å². The Morgan fingerprint density at radius 2 is 2.16 bits per heavy atom. The number of amides is 1. The van der Waals surface area contributed by atoms with Crippen molar-refractivity contribution in [1.29, 1.82) is 0 Å². The fourth-order valence-electron chi connectivity index (χ4n) is 3.12. The van der Waals surface area contributed by atoms with E-state index in [1.807, 2.05) is 13.0 Å². The van der Waals surface area contributed by atoms with Gasteiger partial charge in [-0.3, -0.25) is 9.48 Å². The van der Waals surface area contributed by atoms with Gasteiger partial charge in [0.15, 0.2) is 5.69 Å². The summed E-state index contributed by atoms with van der Waals surface area (Å²) in [6.07, 6.45) is -1.45. The number of halogens is 3. The van der Waals surface area contributed by atoms with E-state index in [1.165, 1.54) is 7.05 Å². The third-order valence-corrected chi connectivity index (χ3v) is 4.32. The van der Waals surface area contributed by atoms with Crippen molar-refractivity contribution >= 4 is 5.91 Å². The number of rotatable bonds is 4. The van der Waals surface area contributed by atoms with Gasteiger partial charge in [0, 0.05) is 32.1 Å². The molecule has 2 aromatic heterocycles. The van der Waals surface area contributed by atoms with Crippen LogP contribution in [0.3, 0.4) is 0 Å². The summed E-state index contributed by atoms with van der Waals surface area (Å²) in [5, 5.41) is 7.45. The van der Waals surface area contributed by atoms with Gasteiger partial charge in [-0.05, 0) is 19.3 Å². The second-order valence-electron chi connectivity index (χ2n) is 6.16. The monoisotopic (exact) mass is 356 g/mol. The zero-order valence-electron chi connectivity index (χ0n) is 14.0. The van der Waals surface area contributed by atoms with Crippen molar-refractivity contribution in [3.8, 4) is 0 Å². The van der Waals surface area contributed by atoms with Crippen LogP contribution in [-0.2, 0) is 19.6 Å². The Hall–Kier alpha value is -2.32. The second-order valence-corrected chi connectivity index (χ2v) is 6.16. The number of aromatic nitrogens is 3. The van der Waals surface area contributed by atoms with Crippen LogP contribution in [0.5, 0.6) is 0 Å². The van der Waals surface area contributed by atoms with Gasteiger partial charge in [-0.15, -0.1) is 0 Å². The summed E-state index contributed by atoms with van der Waals surface area (Å²) < 4.78 is 44.7. The van der Waals surface area contributed by atoms with Crippen LogP contribution >= 0.6 is 0 Å². The van der Waals surface area contributed by atoms with E-state index < -0.39 is 17.8 Å². The Morgan fingerprint density at radius 3 is 2.80 bits per heavy atom. The highest BCUT2D eigenvalue weighted by molar-refractivity contribution is 5.93. The molecule has 6 nitrogen and oxygen atoms in total. The predicted molar refractivity (Wildman–Crippen MR) is 81.7 cm³/mol. The normalized spacial score (nSPS) is 18.1. The van der Waals surface area contributed by atoms with Crippen LogP contribution in [0.15, 0.2) is 16.7 Å². The number of hydrogen-bond donors (Lipinski definition) is 0. The van der Waals surface area contributed by atoms with E-state index in [9.17, 15) is 18.0 Å². The minimum Gasteiger partial charge on any atom is -0.361 e. The fourth-order valence-corrected chi connectivity index (χ4v) is 3.12. The summed E-state index contributed by atoms with van der Waals surface area (Å²) in [5.74, 6) is 0.268. The Kier molecular flexibility index (Phi) is 4.57. The highest BCUT2D eigenvalue weighted by Gasteiger charge is 2.38. The van der Waals surface area contributed by atoms with E-state index in [0.717, 1.165) is 35.8 Å². The highest BCUT2D eigenvalue weighted by atomic mass is 19.4. The number of nitrogens with zero attached hydrogens (tertiary/aromatic N) is 4. The van der Waals surface area contributed by atoms with Crippen LogP contribution in [0.25, 0.3) is 0 Å². The molecule has 1 atom stereocenters. The fraction of sp³-hybridized carbons (Fsp3) is 0.562. The van der Waals surface area contributed by atoms with Gasteiger partial charge in [0.2, 0.25) is 0 Å². The van der Waals surface area contributed by atoms with E-state index in [-0.39, 0.29) is 11.7 Å². The van der Waals surface area contributed by atoms with Crippen molar-refractivity contribution in [1.82, 2.24) is 19.8 Å². The molecular weight excluding hydrogens is 337 g/mol. The van der Waals surface area contributed by atoms with Gasteiger partial charge < -0.3 is 9.42 Å². The molecule has 0 N–H and O–H groups in total. The van der Waals surface area contributed by atoms with Gasteiger partial charge in [0.25, 0.3) is 5.91 Å². The number of carbonyl (C=O) groups excluding carboxylic acids is 1. The molecule has 0 aliphatic carbocycles. The van der Waals surface area contributed by atoms with Crippen LogP contribution in [0, 0.1) is 0 Å². The first-order valence-electron chi connectivity index (χ1n) is 8.19. The number of likely N-dealkylation sites (tertiary alicyclic amines) is 1. The third-order valence-electron chi connectivity index (χ3n) is 4.32. The lowest BCUT2D eigenvalue weighted by Crippen LogP contribution is -2.32. The van der Waals surface area contributed by atoms with Gasteiger partial charge in [-0.1, -0.05) is 12.1 Å². The minimum atomic E-state index is -4.58. The summed E-state index contributed by atoms with van der Waals surface area (Å²) in [7, 11) is 1.34. The smallest absolute Gasteiger partial charge is 0.361 e.